The molecule has 0 saturated carbocycles. The van der Waals surface area contributed by atoms with Gasteiger partial charge >= 0.3 is 0 Å². The van der Waals surface area contributed by atoms with Crippen molar-refractivity contribution in [3.05, 3.63) is 58.9 Å². The molecule has 0 spiro atoms. The van der Waals surface area contributed by atoms with Crippen LogP contribution >= 0.6 is 34.8 Å². The molecule has 0 amide bonds. The van der Waals surface area contributed by atoms with Crippen molar-refractivity contribution in [1.29, 1.82) is 0 Å². The SMILES string of the molecule is C=CN=C(Cl)/C=C/N=Cc1cccc(Cl)c1Cl. The van der Waals surface area contributed by atoms with E-state index < -0.39 is 0 Å². The minimum Gasteiger partial charge on any atom is -0.264 e. The number of allylic oxidation sites excluding steroid dienone is 1. The van der Waals surface area contributed by atoms with Gasteiger partial charge in [0, 0.05) is 24.2 Å². The van der Waals surface area contributed by atoms with E-state index in [1.54, 1.807) is 18.3 Å². The van der Waals surface area contributed by atoms with E-state index in [-0.39, 0.29) is 0 Å². The lowest BCUT2D eigenvalue weighted by Gasteiger charge is -1.98. The van der Waals surface area contributed by atoms with Gasteiger partial charge in [0.05, 0.1) is 10.0 Å². The third kappa shape index (κ3) is 4.73. The van der Waals surface area contributed by atoms with E-state index in [9.17, 15) is 0 Å². The van der Waals surface area contributed by atoms with Crippen molar-refractivity contribution in [2.24, 2.45) is 9.98 Å². The summed E-state index contributed by atoms with van der Waals surface area (Å²) in [5.74, 6) is 0. The first-order chi connectivity index (χ1) is 8.15. The minimum atomic E-state index is 0.300. The van der Waals surface area contributed by atoms with Gasteiger partial charge in [-0.15, -0.1) is 0 Å². The normalized spacial score (nSPS) is 12.5. The summed E-state index contributed by atoms with van der Waals surface area (Å²) >= 11 is 17.5. The van der Waals surface area contributed by atoms with Gasteiger partial charge in [-0.3, -0.25) is 4.99 Å². The molecule has 0 N–H and O–H groups in total. The molecular formula is C12H9Cl3N2. The lowest BCUT2D eigenvalue weighted by Crippen LogP contribution is -1.83. The summed E-state index contributed by atoms with van der Waals surface area (Å²) in [5, 5.41) is 1.26. The fraction of sp³-hybridized carbons (Fsp3) is 0. The van der Waals surface area contributed by atoms with Crippen molar-refractivity contribution in [2.45, 2.75) is 0 Å². The van der Waals surface area contributed by atoms with Crippen molar-refractivity contribution >= 4 is 46.2 Å². The van der Waals surface area contributed by atoms with E-state index in [0.717, 1.165) is 5.56 Å². The Balaban J connectivity index is 2.75. The molecule has 1 aromatic carbocycles. The highest BCUT2D eigenvalue weighted by molar-refractivity contribution is 6.68. The summed E-state index contributed by atoms with van der Waals surface area (Å²) < 4.78 is 0. The summed E-state index contributed by atoms with van der Waals surface area (Å²) in [6, 6.07) is 5.32. The summed E-state index contributed by atoms with van der Waals surface area (Å²) in [6.07, 6.45) is 5.98. The Hall–Kier alpha value is -1.09. The van der Waals surface area contributed by atoms with E-state index in [2.05, 4.69) is 16.6 Å². The molecule has 1 rings (SSSR count). The molecule has 0 saturated heterocycles. The highest BCUT2D eigenvalue weighted by Gasteiger charge is 2.00. The number of rotatable bonds is 4. The average Bonchev–Trinajstić information content (AvgIpc) is 2.30. The Labute approximate surface area is 115 Å². The highest BCUT2D eigenvalue weighted by Crippen LogP contribution is 2.24. The molecule has 5 heteroatoms. The van der Waals surface area contributed by atoms with Crippen LogP contribution < -0.4 is 0 Å². The standard InChI is InChI=1S/C12H9Cl3N2/c1-2-17-11(14)6-7-16-8-9-4-3-5-10(13)12(9)15/h2-8H,1H2/b7-6+,16-8?,17-11?. The van der Waals surface area contributed by atoms with E-state index >= 15 is 0 Å². The second kappa shape index (κ2) is 7.28. The quantitative estimate of drug-likeness (QED) is 0.717. The number of hydrogen-bond acceptors (Lipinski definition) is 2. The van der Waals surface area contributed by atoms with Crippen molar-refractivity contribution in [1.82, 2.24) is 0 Å². The molecule has 0 aliphatic rings. The average molecular weight is 288 g/mol. The molecule has 88 valence electrons. The number of benzene rings is 1. The van der Waals surface area contributed by atoms with Gasteiger partial charge in [0.2, 0.25) is 0 Å². The predicted molar refractivity (Wildman–Crippen MR) is 76.7 cm³/mol. The summed E-state index contributed by atoms with van der Waals surface area (Å²) in [6.45, 7) is 3.42. The molecule has 0 heterocycles. The molecule has 0 aromatic heterocycles. The maximum atomic E-state index is 5.97. The predicted octanol–water partition coefficient (Wildman–Crippen LogP) is 4.71. The maximum Gasteiger partial charge on any atom is 0.130 e. The maximum absolute atomic E-state index is 5.97. The van der Waals surface area contributed by atoms with E-state index in [0.29, 0.717) is 15.2 Å². The molecule has 17 heavy (non-hydrogen) atoms. The molecule has 0 radical (unpaired) electrons. The zero-order valence-electron chi connectivity index (χ0n) is 8.78. The Morgan fingerprint density at radius 3 is 2.76 bits per heavy atom. The van der Waals surface area contributed by atoms with Crippen LogP contribution in [0, 0.1) is 0 Å². The fourth-order valence-electron chi connectivity index (χ4n) is 0.978. The zero-order chi connectivity index (χ0) is 12.7. The van der Waals surface area contributed by atoms with Crippen molar-refractivity contribution in [2.75, 3.05) is 0 Å². The molecule has 0 unspecified atom stereocenters. The monoisotopic (exact) mass is 286 g/mol. The number of halogens is 3. The molecule has 0 aliphatic heterocycles. The molecule has 0 aliphatic carbocycles. The first kappa shape index (κ1) is 14.0. The highest BCUT2D eigenvalue weighted by atomic mass is 35.5. The summed E-state index contributed by atoms with van der Waals surface area (Å²) in [7, 11) is 0. The van der Waals surface area contributed by atoms with Crippen molar-refractivity contribution in [3.8, 4) is 0 Å². The second-order valence-corrected chi connectivity index (χ2v) is 4.04. The Kier molecular flexibility index (Phi) is 5.98. The number of nitrogens with zero attached hydrogens (tertiary/aromatic N) is 2. The lowest BCUT2D eigenvalue weighted by atomic mass is 10.2. The Morgan fingerprint density at radius 2 is 2.06 bits per heavy atom. The van der Waals surface area contributed by atoms with Gasteiger partial charge < -0.3 is 0 Å². The topological polar surface area (TPSA) is 24.7 Å². The zero-order valence-corrected chi connectivity index (χ0v) is 11.0. The summed E-state index contributed by atoms with van der Waals surface area (Å²) in [5.41, 5.74) is 0.737. The van der Waals surface area contributed by atoms with E-state index in [4.69, 9.17) is 34.8 Å². The van der Waals surface area contributed by atoms with Crippen LogP contribution in [-0.2, 0) is 0 Å². The van der Waals surface area contributed by atoms with Crippen molar-refractivity contribution < 1.29 is 0 Å². The number of aliphatic imine (C=N–C) groups is 2. The van der Waals surface area contributed by atoms with Gasteiger partial charge in [-0.25, -0.2) is 4.99 Å². The molecular weight excluding hydrogens is 279 g/mol. The van der Waals surface area contributed by atoms with Gasteiger partial charge in [-0.1, -0.05) is 53.5 Å². The minimum absolute atomic E-state index is 0.300. The third-order valence-electron chi connectivity index (χ3n) is 1.71. The van der Waals surface area contributed by atoms with E-state index in [1.165, 1.54) is 18.5 Å². The van der Waals surface area contributed by atoms with Crippen LogP contribution in [0.25, 0.3) is 0 Å². The van der Waals surface area contributed by atoms with Gasteiger partial charge in [0.25, 0.3) is 0 Å². The van der Waals surface area contributed by atoms with E-state index in [1.807, 2.05) is 6.07 Å². The molecule has 1 aromatic rings. The fourth-order valence-corrected chi connectivity index (χ4v) is 1.46. The number of hydrogen-bond donors (Lipinski definition) is 0. The lowest BCUT2D eigenvalue weighted by molar-refractivity contribution is 1.56. The first-order valence-electron chi connectivity index (χ1n) is 4.63. The van der Waals surface area contributed by atoms with Crippen LogP contribution in [0.4, 0.5) is 0 Å². The van der Waals surface area contributed by atoms with Crippen LogP contribution in [0.3, 0.4) is 0 Å². The van der Waals surface area contributed by atoms with Gasteiger partial charge in [0.1, 0.15) is 5.17 Å². The Bertz CT molecular complexity index is 491. The molecule has 0 bridgehead atoms. The third-order valence-corrected chi connectivity index (χ3v) is 2.76. The van der Waals surface area contributed by atoms with Gasteiger partial charge in [0.15, 0.2) is 0 Å². The Morgan fingerprint density at radius 1 is 1.29 bits per heavy atom. The van der Waals surface area contributed by atoms with Gasteiger partial charge in [-0.2, -0.15) is 0 Å². The smallest absolute Gasteiger partial charge is 0.130 e. The van der Waals surface area contributed by atoms with Gasteiger partial charge in [-0.05, 0) is 12.1 Å². The van der Waals surface area contributed by atoms with Crippen LogP contribution in [0.2, 0.25) is 10.0 Å². The largest absolute Gasteiger partial charge is 0.264 e. The van der Waals surface area contributed by atoms with Crippen LogP contribution in [0.1, 0.15) is 5.56 Å². The van der Waals surface area contributed by atoms with Crippen LogP contribution in [0.5, 0.6) is 0 Å². The second-order valence-electron chi connectivity index (χ2n) is 2.87. The summed E-state index contributed by atoms with van der Waals surface area (Å²) in [4.78, 5) is 7.76. The van der Waals surface area contributed by atoms with Crippen molar-refractivity contribution in [3.63, 3.8) is 0 Å². The van der Waals surface area contributed by atoms with Crippen LogP contribution in [-0.4, -0.2) is 11.4 Å². The molecule has 2 nitrogen and oxygen atoms in total. The molecule has 0 fully saturated rings. The first-order valence-corrected chi connectivity index (χ1v) is 5.76. The molecule has 0 atom stereocenters. The van der Waals surface area contributed by atoms with Crippen LogP contribution in [0.15, 0.2) is 53.2 Å².